The summed E-state index contributed by atoms with van der Waals surface area (Å²) >= 11 is 0. The van der Waals surface area contributed by atoms with Gasteiger partial charge < -0.3 is 15.4 Å². The van der Waals surface area contributed by atoms with Gasteiger partial charge in [-0.2, -0.15) is 0 Å². The summed E-state index contributed by atoms with van der Waals surface area (Å²) in [7, 11) is -1.64. The molecule has 0 spiro atoms. The third-order valence-electron chi connectivity index (χ3n) is 3.25. The van der Waals surface area contributed by atoms with Crippen LogP contribution in [0.25, 0.3) is 0 Å². The van der Waals surface area contributed by atoms with E-state index in [1.807, 2.05) is 0 Å². The Hall–Kier alpha value is -0.660. The standard InChI is InChI=1S/C12H24N2O4S/c1-18-9-8-13-6-7-14-12(15)10-19(16,17)11-4-2-3-5-11/h11,13H,2-10H2,1H3,(H,14,15). The number of carbonyl (C=O) groups is 1. The van der Waals surface area contributed by atoms with Crippen LogP contribution in [-0.2, 0) is 19.4 Å². The molecule has 0 heterocycles. The Labute approximate surface area is 115 Å². The summed E-state index contributed by atoms with van der Waals surface area (Å²) in [5.74, 6) is -0.782. The molecule has 1 aliphatic carbocycles. The zero-order valence-corrected chi connectivity index (χ0v) is 12.3. The Bertz CT molecular complexity index is 364. The maximum atomic E-state index is 11.9. The third kappa shape index (κ3) is 6.35. The van der Waals surface area contributed by atoms with Crippen molar-refractivity contribution in [3.05, 3.63) is 0 Å². The van der Waals surface area contributed by atoms with Gasteiger partial charge in [-0.25, -0.2) is 8.42 Å². The fourth-order valence-corrected chi connectivity index (χ4v) is 3.94. The highest BCUT2D eigenvalue weighted by Gasteiger charge is 2.30. The average Bonchev–Trinajstić information content (AvgIpc) is 2.87. The van der Waals surface area contributed by atoms with Gasteiger partial charge in [0, 0.05) is 26.7 Å². The molecule has 0 saturated heterocycles. The van der Waals surface area contributed by atoms with Gasteiger partial charge in [-0.05, 0) is 12.8 Å². The van der Waals surface area contributed by atoms with Crippen LogP contribution in [0.2, 0.25) is 0 Å². The minimum atomic E-state index is -3.26. The van der Waals surface area contributed by atoms with E-state index in [4.69, 9.17) is 4.74 Å². The molecule has 1 amide bonds. The molecule has 1 saturated carbocycles. The summed E-state index contributed by atoms with van der Waals surface area (Å²) in [4.78, 5) is 11.6. The molecule has 7 heteroatoms. The molecule has 1 fully saturated rings. The van der Waals surface area contributed by atoms with Crippen LogP contribution in [0.1, 0.15) is 25.7 Å². The van der Waals surface area contributed by atoms with E-state index < -0.39 is 15.7 Å². The van der Waals surface area contributed by atoms with Crippen LogP contribution in [0.15, 0.2) is 0 Å². The topological polar surface area (TPSA) is 84.5 Å². The smallest absolute Gasteiger partial charge is 0.235 e. The molecule has 19 heavy (non-hydrogen) atoms. The quantitative estimate of drug-likeness (QED) is 0.570. The predicted octanol–water partition coefficient (Wildman–Crippen LogP) is -0.304. The summed E-state index contributed by atoms with van der Waals surface area (Å²) in [5.41, 5.74) is 0. The number of sulfone groups is 1. The molecule has 2 N–H and O–H groups in total. The van der Waals surface area contributed by atoms with E-state index in [-0.39, 0.29) is 11.0 Å². The van der Waals surface area contributed by atoms with Crippen molar-refractivity contribution in [3.63, 3.8) is 0 Å². The highest BCUT2D eigenvalue weighted by molar-refractivity contribution is 7.92. The molecule has 0 radical (unpaired) electrons. The van der Waals surface area contributed by atoms with E-state index in [1.165, 1.54) is 0 Å². The zero-order valence-electron chi connectivity index (χ0n) is 11.5. The van der Waals surface area contributed by atoms with Gasteiger partial charge in [-0.3, -0.25) is 4.79 Å². The maximum absolute atomic E-state index is 11.9. The van der Waals surface area contributed by atoms with Crippen molar-refractivity contribution in [2.75, 3.05) is 39.1 Å². The summed E-state index contributed by atoms with van der Waals surface area (Å²) in [6.45, 7) is 2.37. The molecule has 0 unspecified atom stereocenters. The van der Waals surface area contributed by atoms with Gasteiger partial charge in [0.05, 0.1) is 11.9 Å². The number of ether oxygens (including phenoxy) is 1. The molecule has 112 valence electrons. The first kappa shape index (κ1) is 16.4. The Morgan fingerprint density at radius 2 is 1.89 bits per heavy atom. The predicted molar refractivity (Wildman–Crippen MR) is 73.8 cm³/mol. The van der Waals surface area contributed by atoms with Gasteiger partial charge in [-0.1, -0.05) is 12.8 Å². The van der Waals surface area contributed by atoms with E-state index in [2.05, 4.69) is 10.6 Å². The summed E-state index contributed by atoms with van der Waals surface area (Å²) in [5, 5.41) is 5.38. The third-order valence-corrected chi connectivity index (χ3v) is 5.40. The lowest BCUT2D eigenvalue weighted by Crippen LogP contribution is -2.38. The van der Waals surface area contributed by atoms with Gasteiger partial charge in [0.15, 0.2) is 9.84 Å². The Kier molecular flexibility index (Phi) is 7.33. The van der Waals surface area contributed by atoms with Crippen LogP contribution >= 0.6 is 0 Å². The molecule has 0 bridgehead atoms. The van der Waals surface area contributed by atoms with Gasteiger partial charge in [0.1, 0.15) is 5.75 Å². The number of methoxy groups -OCH3 is 1. The number of amides is 1. The lowest BCUT2D eigenvalue weighted by Gasteiger charge is -2.11. The fraction of sp³-hybridized carbons (Fsp3) is 0.917. The van der Waals surface area contributed by atoms with Crippen molar-refractivity contribution in [2.24, 2.45) is 0 Å². The van der Waals surface area contributed by atoms with Crippen LogP contribution in [0, 0.1) is 0 Å². The monoisotopic (exact) mass is 292 g/mol. The fourth-order valence-electron chi connectivity index (χ4n) is 2.19. The van der Waals surface area contributed by atoms with Crippen molar-refractivity contribution < 1.29 is 17.9 Å². The number of carbonyl (C=O) groups excluding carboxylic acids is 1. The molecule has 1 rings (SSSR count). The second-order valence-electron chi connectivity index (χ2n) is 4.81. The normalized spacial score (nSPS) is 16.7. The average molecular weight is 292 g/mol. The highest BCUT2D eigenvalue weighted by atomic mass is 32.2. The Balaban J connectivity index is 2.16. The SMILES string of the molecule is COCCNCCNC(=O)CS(=O)(=O)C1CCCC1. The zero-order chi connectivity index (χ0) is 14.1. The van der Waals surface area contributed by atoms with Crippen LogP contribution in [0.3, 0.4) is 0 Å². The molecular formula is C12H24N2O4S. The van der Waals surface area contributed by atoms with E-state index in [0.29, 0.717) is 39.1 Å². The Morgan fingerprint density at radius 1 is 1.21 bits per heavy atom. The Morgan fingerprint density at radius 3 is 2.53 bits per heavy atom. The van der Waals surface area contributed by atoms with E-state index in [1.54, 1.807) is 7.11 Å². The summed E-state index contributed by atoms with van der Waals surface area (Å²) in [6.07, 6.45) is 3.31. The first-order chi connectivity index (χ1) is 9.06. The molecule has 0 aromatic rings. The maximum Gasteiger partial charge on any atom is 0.235 e. The van der Waals surface area contributed by atoms with Crippen LogP contribution in [-0.4, -0.2) is 58.7 Å². The highest BCUT2D eigenvalue weighted by Crippen LogP contribution is 2.24. The number of nitrogens with one attached hydrogen (secondary N) is 2. The minimum absolute atomic E-state index is 0.307. The van der Waals surface area contributed by atoms with Crippen molar-refractivity contribution in [1.29, 1.82) is 0 Å². The molecule has 0 aliphatic heterocycles. The van der Waals surface area contributed by atoms with Crippen molar-refractivity contribution in [2.45, 2.75) is 30.9 Å². The lowest BCUT2D eigenvalue weighted by atomic mass is 10.4. The van der Waals surface area contributed by atoms with Crippen LogP contribution in [0.5, 0.6) is 0 Å². The first-order valence-corrected chi connectivity index (χ1v) is 8.45. The van der Waals surface area contributed by atoms with Gasteiger partial charge in [0.2, 0.25) is 5.91 Å². The molecule has 6 nitrogen and oxygen atoms in total. The molecule has 0 aromatic heterocycles. The molecular weight excluding hydrogens is 268 g/mol. The molecule has 0 atom stereocenters. The van der Waals surface area contributed by atoms with E-state index >= 15 is 0 Å². The van der Waals surface area contributed by atoms with Crippen LogP contribution < -0.4 is 10.6 Å². The summed E-state index contributed by atoms with van der Waals surface area (Å²) < 4.78 is 28.7. The first-order valence-electron chi connectivity index (χ1n) is 6.74. The van der Waals surface area contributed by atoms with Gasteiger partial charge in [0.25, 0.3) is 0 Å². The van der Waals surface area contributed by atoms with Crippen molar-refractivity contribution in [1.82, 2.24) is 10.6 Å². The largest absolute Gasteiger partial charge is 0.383 e. The minimum Gasteiger partial charge on any atom is -0.383 e. The van der Waals surface area contributed by atoms with Crippen molar-refractivity contribution >= 4 is 15.7 Å². The molecule has 1 aliphatic rings. The van der Waals surface area contributed by atoms with Gasteiger partial charge >= 0.3 is 0 Å². The lowest BCUT2D eigenvalue weighted by molar-refractivity contribution is -0.118. The van der Waals surface area contributed by atoms with E-state index in [0.717, 1.165) is 12.8 Å². The van der Waals surface area contributed by atoms with Gasteiger partial charge in [-0.15, -0.1) is 0 Å². The number of hydrogen-bond donors (Lipinski definition) is 2. The second kappa shape index (κ2) is 8.50. The number of hydrogen-bond acceptors (Lipinski definition) is 5. The van der Waals surface area contributed by atoms with Crippen molar-refractivity contribution in [3.8, 4) is 0 Å². The molecule has 0 aromatic carbocycles. The summed E-state index contributed by atoms with van der Waals surface area (Å²) in [6, 6.07) is 0. The van der Waals surface area contributed by atoms with Crippen LogP contribution in [0.4, 0.5) is 0 Å². The van der Waals surface area contributed by atoms with E-state index in [9.17, 15) is 13.2 Å². The number of rotatable bonds is 9. The second-order valence-corrected chi connectivity index (χ2v) is 7.09.